The van der Waals surface area contributed by atoms with E-state index in [0.29, 0.717) is 6.61 Å². The van der Waals surface area contributed by atoms with E-state index in [-0.39, 0.29) is 17.8 Å². The maximum absolute atomic E-state index is 12.8. The molecule has 0 aromatic heterocycles. The van der Waals surface area contributed by atoms with Gasteiger partial charge in [-0.2, -0.15) is 0 Å². The lowest BCUT2D eigenvalue weighted by Crippen LogP contribution is -2.43. The van der Waals surface area contributed by atoms with Crippen LogP contribution in [0, 0.1) is 5.92 Å². The molecule has 7 nitrogen and oxygen atoms in total. The third-order valence-corrected chi connectivity index (χ3v) is 5.34. The number of likely N-dealkylation sites (tertiary alicyclic amines) is 1. The minimum Gasteiger partial charge on any atom is -0.473 e. The number of hydrogen-bond acceptors (Lipinski definition) is 5. The molecule has 0 aliphatic carbocycles. The smallest absolute Gasteiger partial charge is 0.414 e. The fourth-order valence-corrected chi connectivity index (χ4v) is 3.67. The maximum Gasteiger partial charge on any atom is 0.414 e. The van der Waals surface area contributed by atoms with Crippen LogP contribution in [-0.4, -0.2) is 59.3 Å². The van der Waals surface area contributed by atoms with Crippen LogP contribution in [-0.2, 0) is 25.5 Å². The van der Waals surface area contributed by atoms with E-state index in [1.807, 2.05) is 24.3 Å². The first-order chi connectivity index (χ1) is 14.9. The van der Waals surface area contributed by atoms with Crippen molar-refractivity contribution in [3.05, 3.63) is 71.8 Å². The van der Waals surface area contributed by atoms with Crippen LogP contribution in [0.2, 0.25) is 0 Å². The molecule has 0 unspecified atom stereocenters. The lowest BCUT2D eigenvalue weighted by molar-refractivity contribution is -0.159. The third-order valence-electron chi connectivity index (χ3n) is 5.34. The van der Waals surface area contributed by atoms with Gasteiger partial charge in [0.25, 0.3) is 0 Å². The van der Waals surface area contributed by atoms with Crippen molar-refractivity contribution in [2.24, 2.45) is 5.92 Å². The summed E-state index contributed by atoms with van der Waals surface area (Å²) in [5.41, 5.74) is 2.46. The predicted molar refractivity (Wildman–Crippen MR) is 116 cm³/mol. The van der Waals surface area contributed by atoms with Gasteiger partial charge >= 0.3 is 17.9 Å². The molecule has 1 aliphatic heterocycles. The SMILES string of the molecule is CCN1CC[C@@H](c2ccccc2)[C@@H](C(=O)OCCc2ccccc2)C1.O=C(O)C(=O)O. The molecule has 2 atom stereocenters. The van der Waals surface area contributed by atoms with Crippen molar-refractivity contribution in [1.82, 2.24) is 4.90 Å². The van der Waals surface area contributed by atoms with Gasteiger partial charge in [-0.15, -0.1) is 0 Å². The molecule has 0 spiro atoms. The fraction of sp³-hybridized carbons (Fsp3) is 0.375. The Kier molecular flexibility index (Phi) is 9.71. The molecule has 31 heavy (non-hydrogen) atoms. The summed E-state index contributed by atoms with van der Waals surface area (Å²) in [6.07, 6.45) is 1.78. The number of benzene rings is 2. The second-order valence-corrected chi connectivity index (χ2v) is 7.32. The number of ether oxygens (including phenoxy) is 1. The maximum atomic E-state index is 12.8. The van der Waals surface area contributed by atoms with E-state index in [1.54, 1.807) is 0 Å². The van der Waals surface area contributed by atoms with E-state index in [1.165, 1.54) is 11.1 Å². The number of carbonyl (C=O) groups is 3. The summed E-state index contributed by atoms with van der Waals surface area (Å²) in [4.78, 5) is 33.3. The van der Waals surface area contributed by atoms with E-state index in [4.69, 9.17) is 24.5 Å². The van der Waals surface area contributed by atoms with Crippen LogP contribution in [0.4, 0.5) is 0 Å². The van der Waals surface area contributed by atoms with Crippen LogP contribution in [0.15, 0.2) is 60.7 Å². The molecule has 0 radical (unpaired) electrons. The number of carboxylic acid groups (broad SMARTS) is 2. The molecular weight excluding hydrogens is 398 g/mol. The molecule has 1 aliphatic rings. The molecule has 3 rings (SSSR count). The van der Waals surface area contributed by atoms with Crippen molar-refractivity contribution in [2.75, 3.05) is 26.2 Å². The number of esters is 1. The monoisotopic (exact) mass is 427 g/mol. The third kappa shape index (κ3) is 7.86. The topological polar surface area (TPSA) is 104 Å². The Hall–Kier alpha value is -3.19. The van der Waals surface area contributed by atoms with Gasteiger partial charge in [0.05, 0.1) is 12.5 Å². The van der Waals surface area contributed by atoms with Gasteiger partial charge in [-0.3, -0.25) is 4.79 Å². The fourth-order valence-electron chi connectivity index (χ4n) is 3.67. The van der Waals surface area contributed by atoms with Gasteiger partial charge in [-0.1, -0.05) is 67.6 Å². The molecule has 0 bridgehead atoms. The summed E-state index contributed by atoms with van der Waals surface area (Å²) in [6.45, 7) is 5.42. The highest BCUT2D eigenvalue weighted by molar-refractivity contribution is 6.27. The highest BCUT2D eigenvalue weighted by Crippen LogP contribution is 2.33. The quantitative estimate of drug-likeness (QED) is 0.539. The summed E-state index contributed by atoms with van der Waals surface area (Å²) in [5.74, 6) is -3.52. The van der Waals surface area contributed by atoms with Crippen LogP contribution in [0.3, 0.4) is 0 Å². The normalized spacial score (nSPS) is 18.4. The number of aliphatic carboxylic acids is 2. The van der Waals surface area contributed by atoms with Gasteiger partial charge in [0.15, 0.2) is 0 Å². The zero-order valence-corrected chi connectivity index (χ0v) is 17.6. The van der Waals surface area contributed by atoms with Crippen molar-refractivity contribution in [2.45, 2.75) is 25.7 Å². The zero-order valence-electron chi connectivity index (χ0n) is 17.6. The molecule has 2 N–H and O–H groups in total. The van der Waals surface area contributed by atoms with E-state index >= 15 is 0 Å². The van der Waals surface area contributed by atoms with Gasteiger partial charge in [0, 0.05) is 13.0 Å². The molecule has 1 fully saturated rings. The van der Waals surface area contributed by atoms with E-state index < -0.39 is 11.9 Å². The van der Waals surface area contributed by atoms with E-state index in [0.717, 1.165) is 32.5 Å². The molecule has 0 saturated carbocycles. The Labute approximate surface area is 182 Å². The zero-order chi connectivity index (χ0) is 22.6. The van der Waals surface area contributed by atoms with E-state index in [9.17, 15) is 4.79 Å². The second kappa shape index (κ2) is 12.5. The molecule has 0 amide bonds. The van der Waals surface area contributed by atoms with Crippen molar-refractivity contribution in [3.63, 3.8) is 0 Å². The number of carbonyl (C=O) groups excluding carboxylic acids is 1. The summed E-state index contributed by atoms with van der Waals surface area (Å²) in [6, 6.07) is 20.6. The molecule has 2 aromatic rings. The minimum absolute atomic E-state index is 0.0528. The van der Waals surface area contributed by atoms with Gasteiger partial charge in [-0.05, 0) is 36.6 Å². The van der Waals surface area contributed by atoms with Gasteiger partial charge < -0.3 is 19.8 Å². The average molecular weight is 427 g/mol. The average Bonchev–Trinajstić information content (AvgIpc) is 2.80. The number of rotatable bonds is 6. The van der Waals surface area contributed by atoms with Crippen LogP contribution in [0.25, 0.3) is 0 Å². The van der Waals surface area contributed by atoms with Crippen molar-refractivity contribution in [3.8, 4) is 0 Å². The lowest BCUT2D eigenvalue weighted by atomic mass is 9.80. The predicted octanol–water partition coefficient (Wildman–Crippen LogP) is 3.05. The molecular formula is C24H29NO6. The Balaban J connectivity index is 0.000000501. The summed E-state index contributed by atoms with van der Waals surface area (Å²) in [7, 11) is 0. The molecule has 2 aromatic carbocycles. The molecule has 7 heteroatoms. The largest absolute Gasteiger partial charge is 0.473 e. The van der Waals surface area contributed by atoms with Gasteiger partial charge in [-0.25, -0.2) is 9.59 Å². The van der Waals surface area contributed by atoms with Crippen LogP contribution >= 0.6 is 0 Å². The Morgan fingerprint density at radius 1 is 0.968 bits per heavy atom. The van der Waals surface area contributed by atoms with Gasteiger partial charge in [0.1, 0.15) is 0 Å². The molecule has 1 heterocycles. The number of hydrogen-bond donors (Lipinski definition) is 2. The van der Waals surface area contributed by atoms with Crippen LogP contribution in [0.5, 0.6) is 0 Å². The van der Waals surface area contributed by atoms with Crippen molar-refractivity contribution >= 4 is 17.9 Å². The van der Waals surface area contributed by atoms with E-state index in [2.05, 4.69) is 48.2 Å². The summed E-state index contributed by atoms with van der Waals surface area (Å²) >= 11 is 0. The molecule has 1 saturated heterocycles. The summed E-state index contributed by atoms with van der Waals surface area (Å²) in [5, 5.41) is 14.8. The second-order valence-electron chi connectivity index (χ2n) is 7.32. The lowest BCUT2D eigenvalue weighted by Gasteiger charge is -2.37. The first-order valence-corrected chi connectivity index (χ1v) is 10.4. The number of carboxylic acids is 2. The Bertz CT molecular complexity index is 828. The van der Waals surface area contributed by atoms with Crippen LogP contribution < -0.4 is 0 Å². The Morgan fingerprint density at radius 3 is 2.10 bits per heavy atom. The van der Waals surface area contributed by atoms with Crippen LogP contribution in [0.1, 0.15) is 30.4 Å². The standard InChI is InChI=1S/C22H27NO2.C2H2O4/c1-2-23-15-13-20(19-11-7-4-8-12-19)21(17-23)22(24)25-16-14-18-9-5-3-6-10-18;3-1(4)2(5)6/h3-12,20-21H,2,13-17H2,1H3;(H,3,4)(H,5,6)/t20-,21-;/m0./s1. The number of piperidine rings is 1. The number of nitrogens with zero attached hydrogens (tertiary/aromatic N) is 1. The summed E-state index contributed by atoms with van der Waals surface area (Å²) < 4.78 is 5.66. The van der Waals surface area contributed by atoms with Crippen molar-refractivity contribution in [1.29, 1.82) is 0 Å². The van der Waals surface area contributed by atoms with Crippen molar-refractivity contribution < 1.29 is 29.3 Å². The molecule has 166 valence electrons. The highest BCUT2D eigenvalue weighted by atomic mass is 16.5. The minimum atomic E-state index is -1.82. The van der Waals surface area contributed by atoms with Gasteiger partial charge in [0.2, 0.25) is 0 Å². The highest BCUT2D eigenvalue weighted by Gasteiger charge is 2.35. The Morgan fingerprint density at radius 2 is 1.55 bits per heavy atom. The first-order valence-electron chi connectivity index (χ1n) is 10.4. The first kappa shape index (κ1) is 24.1.